The Balaban J connectivity index is 0.000000138. The van der Waals surface area contributed by atoms with Crippen molar-refractivity contribution < 1.29 is 56.4 Å². The van der Waals surface area contributed by atoms with E-state index in [4.69, 9.17) is 28.7 Å². The van der Waals surface area contributed by atoms with Crippen LogP contribution in [-0.4, -0.2) is 183 Å². The number of hydrogen-bond acceptors (Lipinski definition) is 15. The van der Waals surface area contributed by atoms with E-state index in [1.165, 1.54) is 11.1 Å². The molecular weight excluding hydrogens is 1840 g/mol. The van der Waals surface area contributed by atoms with E-state index >= 15 is 4.39 Å². The number of aromatic amines is 3. The number of rotatable bonds is 11. The molecule has 7 aliphatic heterocycles. The van der Waals surface area contributed by atoms with Crippen molar-refractivity contribution in [3.05, 3.63) is 194 Å². The van der Waals surface area contributed by atoms with Gasteiger partial charge in [0, 0.05) is 85.5 Å². The highest BCUT2D eigenvalue weighted by Gasteiger charge is 2.60. The molecule has 3 N–H and O–H groups in total. The fraction of sp³-hybridized carbons (Fsp3) is 0.485. The van der Waals surface area contributed by atoms with Gasteiger partial charge in [-0.15, -0.1) is 0 Å². The summed E-state index contributed by atoms with van der Waals surface area (Å²) < 4.78 is 61.1. The molecule has 10 heterocycles. The maximum atomic E-state index is 15.3. The van der Waals surface area contributed by atoms with Gasteiger partial charge in [-0.05, 0) is 248 Å². The minimum Gasteiger partial charge on any atom is -0.444 e. The summed E-state index contributed by atoms with van der Waals surface area (Å²) in [4.78, 5) is 106. The number of likely N-dealkylation sites (tertiary alicyclic amines) is 3. The van der Waals surface area contributed by atoms with Crippen LogP contribution in [0, 0.1) is 23.7 Å². The van der Waals surface area contributed by atoms with Gasteiger partial charge in [-0.3, -0.25) is 19.7 Å². The van der Waals surface area contributed by atoms with E-state index in [1.807, 2.05) is 246 Å². The van der Waals surface area contributed by atoms with Crippen molar-refractivity contribution in [3.8, 4) is 44.9 Å². The van der Waals surface area contributed by atoms with Crippen molar-refractivity contribution >= 4 is 117 Å². The van der Waals surface area contributed by atoms with Crippen LogP contribution in [0.5, 0.6) is 0 Å². The highest BCUT2D eigenvalue weighted by molar-refractivity contribution is 9.11. The maximum Gasteiger partial charge on any atom is 0.411 e. The predicted octanol–water partition coefficient (Wildman–Crippen LogP) is 24.6. The number of carbonyl (C=O) groups is 5. The van der Waals surface area contributed by atoms with Crippen molar-refractivity contribution in [2.24, 2.45) is 27.7 Å². The zero-order valence-corrected chi connectivity index (χ0v) is 82.8. The first-order valence-electron chi connectivity index (χ1n) is 44.1. The molecule has 3 aromatic heterocycles. The number of carbonyl (C=O) groups excluding carboxylic acids is 5. The lowest BCUT2D eigenvalue weighted by molar-refractivity contribution is 0.0170. The lowest BCUT2D eigenvalue weighted by Gasteiger charge is -2.30. The average molecular weight is 1960 g/mol. The Kier molecular flexibility index (Phi) is 25.8. The number of aliphatic imine (C=N–C) groups is 2. The standard InChI is InChI=1S/C38H47FN6O4Si.C20H22BrFN2O2.C20H23BrN2O2.C19H26BrN3O2Si/c1-37(2,3)48-35(46)44-21-50(7,8)20-30(44)33-40-19-27(41-33)24-13-9-22(10-14-24)23-11-15-25(16-12-23)31-32(39)43-34(42-31)29-18-26-17-28(26)45(29)36(47)49-38(4,5)6;1-20(2,3)26-19(25)24-16-8-12(16)9-17(24)15-10-14(18(22)23-15)11-4-6-13(21)7-5-11;1-20(2,3)25-19(24)23-17-9-13(17)10-18(23)16-8-14(11-22-16)12-4-6-15(21)7-5-12;1-19(2,3)25-18(24)23-12-26(4,5)11-16(23)17-21-10-15(22-17)13-6-8-14(20)9-7-13/h9-16,19,26,28-30H,17-18,20-21H2,1-8H3,(H,40,41)(H,42,43);4-7,12,16-17H,8-10H2,1-3H3;4-7,11,13,17-18H,8-10H2,1-3H3;6-10,16H,11-12H2,1-5H3,(H,21,22)/t26-,28-,29+,30+;12-,16-,17+;13-,17-,18+;16-/m1110/s1. The van der Waals surface area contributed by atoms with Gasteiger partial charge >= 0.3 is 30.5 Å². The third kappa shape index (κ3) is 22.2. The quantitative estimate of drug-likeness (QED) is 0.0619. The van der Waals surface area contributed by atoms with E-state index in [0.29, 0.717) is 47.2 Å². The van der Waals surface area contributed by atoms with Crippen LogP contribution in [0.3, 0.4) is 0 Å². The van der Waals surface area contributed by atoms with E-state index in [1.54, 1.807) is 9.80 Å². The first kappa shape index (κ1) is 92.4. The first-order valence-corrected chi connectivity index (χ1v) is 53.3. The molecule has 18 rings (SSSR count). The molecule has 23 nitrogen and oxygen atoms in total. The van der Waals surface area contributed by atoms with Gasteiger partial charge in [-0.1, -0.05) is 159 Å². The van der Waals surface area contributed by atoms with Gasteiger partial charge in [-0.25, -0.2) is 43.9 Å². The highest BCUT2D eigenvalue weighted by atomic mass is 79.9. The molecule has 8 aromatic rings. The smallest absolute Gasteiger partial charge is 0.411 e. The monoisotopic (exact) mass is 1960 g/mol. The number of hydrogen-bond donors (Lipinski definition) is 3. The minimum absolute atomic E-state index is 0.0456. The highest BCUT2D eigenvalue weighted by Crippen LogP contribution is 2.55. The van der Waals surface area contributed by atoms with Gasteiger partial charge in [0.2, 0.25) is 11.9 Å². The molecule has 674 valence electrons. The second kappa shape index (κ2) is 35.5. The molecular formula is C97H118Br3F2N13O10Si2. The Morgan fingerprint density at radius 3 is 1.16 bits per heavy atom. The number of imidazole rings is 3. The molecule has 5 aromatic carbocycles. The number of benzene rings is 5. The minimum atomic E-state index is -1.63. The molecule has 11 atom stereocenters. The average Bonchev–Trinajstić information content (AvgIpc) is 1.59. The summed E-state index contributed by atoms with van der Waals surface area (Å²) in [5, 5.41) is 0. The Morgan fingerprint density at radius 2 is 0.748 bits per heavy atom. The summed E-state index contributed by atoms with van der Waals surface area (Å²) in [6, 6.07) is 41.8. The number of fused-ring (bicyclic) bond motifs is 3. The number of piperidine rings is 3. The van der Waals surface area contributed by atoms with Gasteiger partial charge in [0.1, 0.15) is 51.2 Å². The Labute approximate surface area is 771 Å². The van der Waals surface area contributed by atoms with Gasteiger partial charge < -0.3 is 48.4 Å². The zero-order valence-electron chi connectivity index (χ0n) is 76.1. The number of nitrogens with one attached hydrogen (secondary N) is 3. The Bertz CT molecular complexity index is 5590. The third-order valence-electron chi connectivity index (χ3n) is 24.3. The lowest BCUT2D eigenvalue weighted by atomic mass is 9.97. The Hall–Kier alpha value is -9.37. The van der Waals surface area contributed by atoms with Crippen LogP contribution in [0.15, 0.2) is 169 Å². The van der Waals surface area contributed by atoms with Crippen LogP contribution in [0.2, 0.25) is 38.3 Å². The van der Waals surface area contributed by atoms with E-state index in [2.05, 4.69) is 121 Å². The van der Waals surface area contributed by atoms with Gasteiger partial charge in [-0.2, -0.15) is 8.78 Å². The predicted molar refractivity (Wildman–Crippen MR) is 507 cm³/mol. The summed E-state index contributed by atoms with van der Waals surface area (Å²) in [7, 11) is -3.14. The fourth-order valence-electron chi connectivity index (χ4n) is 18.4. The number of aromatic nitrogens is 6. The normalized spacial score (nSPS) is 24.1. The second-order valence-corrected chi connectivity index (χ2v) is 54.8. The van der Waals surface area contributed by atoms with Crippen molar-refractivity contribution in [3.63, 3.8) is 0 Å². The molecule has 5 saturated heterocycles. The number of halogens is 5. The van der Waals surface area contributed by atoms with Gasteiger partial charge in [0.25, 0.3) is 0 Å². The molecule has 0 unspecified atom stereocenters. The van der Waals surface area contributed by atoms with Crippen molar-refractivity contribution in [1.82, 2.24) is 54.4 Å². The van der Waals surface area contributed by atoms with Crippen LogP contribution in [0.4, 0.5) is 32.8 Å². The topological polar surface area (TPSA) is 258 Å². The SMILES string of the molecule is CC(C)(C)OC(=O)N1C[Si](C)(C)C[C@H]1c1ncc(-c2ccc(-c3ccc(-c4nc([C@@H]5C[C@H]6C[C@H]6N5C(=O)OC(C)(C)C)[nH]c4F)cc3)cc2)[nH]1.CC(C)(C)OC(=O)N1C[Si](C)(C)C[C@H]1c1ncc(-c2ccc(Br)cc2)[nH]1.CC(C)(C)OC(=O)N1[C@@H]2C[C@@H]2C[C@H]1C1=NC(F)=C(c2ccc(Br)cc2)C1.CC(C)(C)OC(=O)N1[C@@H]2C[C@@H]2C[C@H]1C1=NC=C(c2ccc(Br)cc2)C1. The third-order valence-corrected chi connectivity index (χ3v) is 31.2. The van der Waals surface area contributed by atoms with Gasteiger partial charge in [0.05, 0.1) is 70.1 Å². The maximum absolute atomic E-state index is 15.3. The van der Waals surface area contributed by atoms with Crippen molar-refractivity contribution in [2.75, 3.05) is 12.3 Å². The van der Waals surface area contributed by atoms with Gasteiger partial charge in [0.15, 0.2) is 0 Å². The summed E-state index contributed by atoms with van der Waals surface area (Å²) in [5.74, 6) is 2.64. The van der Waals surface area contributed by atoms with Crippen LogP contribution < -0.4 is 0 Å². The lowest BCUT2D eigenvalue weighted by Crippen LogP contribution is -2.45. The summed E-state index contributed by atoms with van der Waals surface area (Å²) in [6.07, 6.45) is 12.7. The van der Waals surface area contributed by atoms with Crippen LogP contribution in [0.1, 0.15) is 202 Å². The van der Waals surface area contributed by atoms with E-state index in [9.17, 15) is 28.4 Å². The molecule has 3 aliphatic carbocycles. The summed E-state index contributed by atoms with van der Waals surface area (Å²) in [6.45, 7) is 37.4. The van der Waals surface area contributed by atoms with Crippen LogP contribution in [0.25, 0.3) is 56.0 Å². The number of nitrogens with zero attached hydrogens (tertiary/aromatic N) is 10. The molecule has 8 fully saturated rings. The number of allylic oxidation sites excluding steroid dienone is 2. The van der Waals surface area contributed by atoms with E-state index in [-0.39, 0.29) is 78.5 Å². The largest absolute Gasteiger partial charge is 0.444 e. The van der Waals surface area contributed by atoms with Crippen molar-refractivity contribution in [1.29, 1.82) is 0 Å². The molecule has 0 bridgehead atoms. The van der Waals surface area contributed by atoms with Crippen LogP contribution in [-0.2, 0) is 23.7 Å². The zero-order chi connectivity index (χ0) is 91.3. The van der Waals surface area contributed by atoms with E-state index in [0.717, 1.165) is 145 Å². The summed E-state index contributed by atoms with van der Waals surface area (Å²) in [5.41, 5.74) is 9.77. The molecule has 0 spiro atoms. The number of amides is 5. The number of H-pyrrole nitrogens is 3. The fourth-order valence-corrected chi connectivity index (χ4v) is 24.9. The molecule has 30 heteroatoms. The van der Waals surface area contributed by atoms with Crippen molar-refractivity contribution in [2.45, 2.75) is 270 Å². The molecule has 127 heavy (non-hydrogen) atoms. The molecule has 0 radical (unpaired) electrons. The molecule has 10 aliphatic rings. The molecule has 5 amide bonds. The second-order valence-electron chi connectivity index (χ2n) is 41.9. The van der Waals surface area contributed by atoms with E-state index < -0.39 is 56.1 Å². The Morgan fingerprint density at radius 1 is 0.402 bits per heavy atom. The first-order chi connectivity index (χ1) is 59.5. The number of ether oxygens (including phenoxy) is 5. The molecule has 3 saturated carbocycles. The van der Waals surface area contributed by atoms with Crippen LogP contribution >= 0.6 is 47.8 Å². The summed E-state index contributed by atoms with van der Waals surface area (Å²) >= 11 is 10.3.